The summed E-state index contributed by atoms with van der Waals surface area (Å²) in [5, 5.41) is 3.01. The fourth-order valence-electron chi connectivity index (χ4n) is 3.85. The van der Waals surface area contributed by atoms with Crippen molar-refractivity contribution in [3.63, 3.8) is 0 Å². The average molecular weight is 465 g/mol. The van der Waals surface area contributed by atoms with Crippen molar-refractivity contribution in [1.82, 2.24) is 5.32 Å². The molecule has 0 heterocycles. The normalized spacial score (nSPS) is 12.3. The zero-order chi connectivity index (χ0) is 24.5. The second kappa shape index (κ2) is 9.40. The molecule has 1 amide bonds. The van der Waals surface area contributed by atoms with Crippen LogP contribution in [0.2, 0.25) is 0 Å². The predicted octanol–water partition coefficient (Wildman–Crippen LogP) is 5.83. The van der Waals surface area contributed by atoms with Crippen molar-refractivity contribution >= 4 is 21.6 Å². The lowest BCUT2D eigenvalue weighted by molar-refractivity contribution is 0.0939. The van der Waals surface area contributed by atoms with E-state index in [2.05, 4.69) is 29.1 Å². The second-order valence-electron chi connectivity index (χ2n) is 8.87. The van der Waals surface area contributed by atoms with Gasteiger partial charge in [0.05, 0.1) is 10.9 Å². The van der Waals surface area contributed by atoms with E-state index < -0.39 is 10.0 Å². The molecule has 5 nitrogen and oxygen atoms in total. The minimum atomic E-state index is -3.86. The van der Waals surface area contributed by atoms with Crippen molar-refractivity contribution < 1.29 is 13.2 Å². The Morgan fingerprint density at radius 3 is 2.00 bits per heavy atom. The molecule has 0 aromatic heterocycles. The van der Waals surface area contributed by atoms with E-state index >= 15 is 0 Å². The number of anilines is 1. The van der Waals surface area contributed by atoms with Gasteiger partial charge in [0.25, 0.3) is 15.9 Å². The van der Waals surface area contributed by atoms with Gasteiger partial charge in [-0.05, 0) is 112 Å². The molecule has 0 bridgehead atoms. The summed E-state index contributed by atoms with van der Waals surface area (Å²) >= 11 is 0. The van der Waals surface area contributed by atoms with Gasteiger partial charge in [-0.2, -0.15) is 0 Å². The predicted molar refractivity (Wildman–Crippen MR) is 134 cm³/mol. The summed E-state index contributed by atoms with van der Waals surface area (Å²) in [6, 6.07) is 14.2. The lowest BCUT2D eigenvalue weighted by Gasteiger charge is -2.19. The third-order valence-corrected chi connectivity index (χ3v) is 7.72. The van der Waals surface area contributed by atoms with E-state index in [0.717, 1.165) is 27.8 Å². The van der Waals surface area contributed by atoms with Gasteiger partial charge in [-0.25, -0.2) is 8.42 Å². The summed E-state index contributed by atoms with van der Waals surface area (Å²) in [7, 11) is -3.86. The summed E-state index contributed by atoms with van der Waals surface area (Å²) < 4.78 is 28.9. The number of benzene rings is 3. The van der Waals surface area contributed by atoms with Crippen molar-refractivity contribution in [2.75, 3.05) is 4.72 Å². The van der Waals surface area contributed by atoms with Gasteiger partial charge in [0.1, 0.15) is 0 Å². The fourth-order valence-corrected chi connectivity index (χ4v) is 5.17. The minimum absolute atomic E-state index is 0.0865. The Balaban J connectivity index is 1.86. The van der Waals surface area contributed by atoms with Crippen LogP contribution in [0.5, 0.6) is 0 Å². The van der Waals surface area contributed by atoms with Crippen molar-refractivity contribution in [3.8, 4) is 0 Å². The smallest absolute Gasteiger partial charge is 0.262 e. The topological polar surface area (TPSA) is 75.3 Å². The highest BCUT2D eigenvalue weighted by molar-refractivity contribution is 7.92. The summed E-state index contributed by atoms with van der Waals surface area (Å²) in [5.41, 5.74) is 7.97. The van der Waals surface area contributed by atoms with Gasteiger partial charge in [0.2, 0.25) is 0 Å². The number of hydrogen-bond acceptors (Lipinski definition) is 3. The monoisotopic (exact) mass is 464 g/mol. The fraction of sp³-hybridized carbons (Fsp3) is 0.296. The van der Waals surface area contributed by atoms with Crippen LogP contribution in [-0.4, -0.2) is 14.3 Å². The highest BCUT2D eigenvalue weighted by Crippen LogP contribution is 2.24. The SMILES string of the molecule is Cc1ccc(NS(=O)(=O)c2cc(C(=O)NC(C)c3cc(C)c(C)cc3C)ccc2C)cc1C. The Morgan fingerprint density at radius 1 is 0.727 bits per heavy atom. The van der Waals surface area contributed by atoms with Crippen LogP contribution in [0.25, 0.3) is 0 Å². The maximum Gasteiger partial charge on any atom is 0.262 e. The second-order valence-corrected chi connectivity index (χ2v) is 10.5. The Labute approximate surface area is 197 Å². The number of aryl methyl sites for hydroxylation is 6. The lowest BCUT2D eigenvalue weighted by Crippen LogP contribution is -2.27. The Hall–Kier alpha value is -3.12. The summed E-state index contributed by atoms with van der Waals surface area (Å²) in [4.78, 5) is 13.1. The molecular formula is C27H32N2O3S. The molecule has 1 atom stereocenters. The first-order valence-electron chi connectivity index (χ1n) is 11.0. The number of carbonyl (C=O) groups excluding carboxylic acids is 1. The van der Waals surface area contributed by atoms with Gasteiger partial charge in [-0.1, -0.05) is 24.3 Å². The van der Waals surface area contributed by atoms with E-state index in [1.54, 1.807) is 31.2 Å². The zero-order valence-corrected chi connectivity index (χ0v) is 21.1. The van der Waals surface area contributed by atoms with E-state index in [9.17, 15) is 13.2 Å². The molecule has 0 aliphatic heterocycles. The molecule has 3 aromatic carbocycles. The molecule has 174 valence electrons. The summed E-state index contributed by atoms with van der Waals surface area (Å²) in [5.74, 6) is -0.317. The molecule has 2 N–H and O–H groups in total. The molecule has 0 spiro atoms. The molecule has 33 heavy (non-hydrogen) atoms. The van der Waals surface area contributed by atoms with Crippen molar-refractivity contribution in [3.05, 3.63) is 93.0 Å². The molecule has 0 aliphatic carbocycles. The molecule has 6 heteroatoms. The standard InChI is InChI=1S/C27H32N2O3S/c1-16-9-11-24(13-19(16)4)29-33(31,32)26-15-23(10-8-17(26)2)27(30)28-22(7)25-14-20(5)18(3)12-21(25)6/h8-15,22,29H,1-7H3,(H,28,30). The first-order valence-corrected chi connectivity index (χ1v) is 12.5. The van der Waals surface area contributed by atoms with E-state index in [1.165, 1.54) is 11.6 Å². The van der Waals surface area contributed by atoms with Crippen molar-refractivity contribution in [2.24, 2.45) is 0 Å². The van der Waals surface area contributed by atoms with Crippen LogP contribution in [0.15, 0.2) is 53.4 Å². The average Bonchev–Trinajstić information content (AvgIpc) is 2.73. The van der Waals surface area contributed by atoms with Crippen LogP contribution in [-0.2, 0) is 10.0 Å². The molecule has 0 saturated heterocycles. The van der Waals surface area contributed by atoms with Gasteiger partial charge in [-0.15, -0.1) is 0 Å². The number of amides is 1. The summed E-state index contributed by atoms with van der Waals surface area (Å²) in [6.07, 6.45) is 0. The van der Waals surface area contributed by atoms with Crippen LogP contribution in [0.3, 0.4) is 0 Å². The van der Waals surface area contributed by atoms with E-state index in [-0.39, 0.29) is 16.8 Å². The van der Waals surface area contributed by atoms with E-state index in [1.807, 2.05) is 40.7 Å². The van der Waals surface area contributed by atoms with Gasteiger partial charge in [0.15, 0.2) is 0 Å². The number of hydrogen-bond donors (Lipinski definition) is 2. The van der Waals surface area contributed by atoms with Crippen LogP contribution in [0.4, 0.5) is 5.69 Å². The highest BCUT2D eigenvalue weighted by atomic mass is 32.2. The Morgan fingerprint density at radius 2 is 1.33 bits per heavy atom. The maximum absolute atomic E-state index is 13.1. The number of carbonyl (C=O) groups is 1. The highest BCUT2D eigenvalue weighted by Gasteiger charge is 2.21. The first kappa shape index (κ1) is 24.5. The van der Waals surface area contributed by atoms with Crippen molar-refractivity contribution in [2.45, 2.75) is 59.4 Å². The third-order valence-electron chi connectivity index (χ3n) is 6.20. The molecule has 0 fully saturated rings. The minimum Gasteiger partial charge on any atom is -0.346 e. The maximum atomic E-state index is 13.1. The molecule has 3 rings (SSSR count). The summed E-state index contributed by atoms with van der Waals surface area (Å²) in [6.45, 7) is 13.7. The van der Waals surface area contributed by atoms with Gasteiger partial charge in [-0.3, -0.25) is 9.52 Å². The first-order chi connectivity index (χ1) is 15.4. The molecule has 0 aliphatic rings. The van der Waals surface area contributed by atoms with E-state index in [4.69, 9.17) is 0 Å². The number of nitrogens with one attached hydrogen (secondary N) is 2. The van der Waals surface area contributed by atoms with Crippen molar-refractivity contribution in [1.29, 1.82) is 0 Å². The van der Waals surface area contributed by atoms with Crippen LogP contribution in [0.1, 0.15) is 62.3 Å². The van der Waals surface area contributed by atoms with E-state index in [0.29, 0.717) is 16.8 Å². The number of rotatable bonds is 6. The largest absolute Gasteiger partial charge is 0.346 e. The van der Waals surface area contributed by atoms with Gasteiger partial charge < -0.3 is 5.32 Å². The molecule has 0 saturated carbocycles. The van der Waals surface area contributed by atoms with Gasteiger partial charge in [0, 0.05) is 11.3 Å². The zero-order valence-electron chi connectivity index (χ0n) is 20.3. The number of sulfonamides is 1. The lowest BCUT2D eigenvalue weighted by atomic mass is 9.96. The Bertz CT molecular complexity index is 1330. The van der Waals surface area contributed by atoms with Crippen LogP contribution < -0.4 is 10.0 Å². The van der Waals surface area contributed by atoms with Crippen LogP contribution in [0, 0.1) is 41.5 Å². The van der Waals surface area contributed by atoms with Crippen LogP contribution >= 0.6 is 0 Å². The molecule has 1 unspecified atom stereocenters. The Kier molecular flexibility index (Phi) is 6.98. The quantitative estimate of drug-likeness (QED) is 0.482. The van der Waals surface area contributed by atoms with Gasteiger partial charge >= 0.3 is 0 Å². The molecule has 0 radical (unpaired) electrons. The molecular weight excluding hydrogens is 432 g/mol. The molecule has 3 aromatic rings. The third kappa shape index (κ3) is 5.45.